The van der Waals surface area contributed by atoms with Crippen molar-refractivity contribution >= 4 is 6.03 Å². The molecule has 0 aliphatic carbocycles. The number of nitrogens with one attached hydrogen (secondary N) is 1. The molecule has 1 fully saturated rings. The Morgan fingerprint density at radius 1 is 1.13 bits per heavy atom. The molecule has 2 heterocycles. The van der Waals surface area contributed by atoms with Crippen LogP contribution in [0.25, 0.3) is 0 Å². The Kier molecular flexibility index (Phi) is 5.69. The maximum absolute atomic E-state index is 13.5. The lowest BCUT2D eigenvalue weighted by molar-refractivity contribution is -0.144. The van der Waals surface area contributed by atoms with Crippen molar-refractivity contribution in [3.8, 4) is 0 Å². The van der Waals surface area contributed by atoms with E-state index in [1.807, 2.05) is 24.3 Å². The summed E-state index contributed by atoms with van der Waals surface area (Å²) in [4.78, 5) is 15.9. The molecule has 160 valence electrons. The molecular weight excluding hydrogens is 398 g/mol. The van der Waals surface area contributed by atoms with Crippen molar-refractivity contribution < 1.29 is 22.4 Å². The molecule has 2 amide bonds. The molecule has 0 aromatic heterocycles. The molecule has 8 heteroatoms. The SMILES string of the molecule is O=C(N(CC(F)(F)F)[C@H]1CCNC1)N1CCc2ccccc2[C@@H]1c1ccc(F)cc1. The number of amides is 2. The number of carbonyl (C=O) groups is 1. The van der Waals surface area contributed by atoms with Gasteiger partial charge < -0.3 is 15.1 Å². The van der Waals surface area contributed by atoms with E-state index in [1.54, 1.807) is 12.1 Å². The molecule has 2 aromatic carbocycles. The Morgan fingerprint density at radius 3 is 2.53 bits per heavy atom. The molecular formula is C22H23F4N3O. The maximum Gasteiger partial charge on any atom is 0.406 e. The third kappa shape index (κ3) is 4.28. The van der Waals surface area contributed by atoms with Gasteiger partial charge in [0.25, 0.3) is 0 Å². The van der Waals surface area contributed by atoms with Crippen molar-refractivity contribution in [2.45, 2.75) is 31.1 Å². The second-order valence-electron chi connectivity index (χ2n) is 7.77. The van der Waals surface area contributed by atoms with Crippen LogP contribution in [0, 0.1) is 5.82 Å². The fraction of sp³-hybridized carbons (Fsp3) is 0.409. The fourth-order valence-electron chi connectivity index (χ4n) is 4.39. The van der Waals surface area contributed by atoms with E-state index in [0.717, 1.165) is 16.0 Å². The van der Waals surface area contributed by atoms with Crippen LogP contribution in [0.3, 0.4) is 0 Å². The highest BCUT2D eigenvalue weighted by Crippen LogP contribution is 2.36. The largest absolute Gasteiger partial charge is 0.406 e. The smallest absolute Gasteiger partial charge is 0.315 e. The molecule has 4 rings (SSSR count). The number of benzene rings is 2. The highest BCUT2D eigenvalue weighted by molar-refractivity contribution is 5.77. The summed E-state index contributed by atoms with van der Waals surface area (Å²) in [7, 11) is 0. The Balaban J connectivity index is 1.72. The predicted molar refractivity (Wildman–Crippen MR) is 105 cm³/mol. The summed E-state index contributed by atoms with van der Waals surface area (Å²) in [5.41, 5.74) is 2.58. The first-order valence-corrected chi connectivity index (χ1v) is 10.0. The molecule has 0 unspecified atom stereocenters. The third-order valence-corrected chi connectivity index (χ3v) is 5.79. The molecule has 1 saturated heterocycles. The van der Waals surface area contributed by atoms with Gasteiger partial charge in [0.2, 0.25) is 0 Å². The quantitative estimate of drug-likeness (QED) is 0.757. The molecule has 2 atom stereocenters. The van der Waals surface area contributed by atoms with Crippen molar-refractivity contribution in [1.82, 2.24) is 15.1 Å². The molecule has 4 nitrogen and oxygen atoms in total. The second kappa shape index (κ2) is 8.26. The zero-order valence-corrected chi connectivity index (χ0v) is 16.3. The van der Waals surface area contributed by atoms with E-state index < -0.39 is 36.7 Å². The van der Waals surface area contributed by atoms with Crippen LogP contribution >= 0.6 is 0 Å². The van der Waals surface area contributed by atoms with Crippen LogP contribution in [0.4, 0.5) is 22.4 Å². The van der Waals surface area contributed by atoms with E-state index in [0.29, 0.717) is 38.0 Å². The van der Waals surface area contributed by atoms with Crippen LogP contribution in [0.1, 0.15) is 29.2 Å². The third-order valence-electron chi connectivity index (χ3n) is 5.79. The summed E-state index contributed by atoms with van der Waals surface area (Å²) in [6, 6.07) is 11.7. The highest BCUT2D eigenvalue weighted by atomic mass is 19.4. The number of hydrogen-bond donors (Lipinski definition) is 1. The van der Waals surface area contributed by atoms with E-state index in [-0.39, 0.29) is 0 Å². The standard InChI is InChI=1S/C22H23F4N3O/c23-17-7-5-16(6-8-17)20-19-4-2-1-3-15(19)10-12-28(20)21(30)29(14-22(24,25)26)18-9-11-27-13-18/h1-8,18,20,27H,9-14H2/t18-,20-/m0/s1. The van der Waals surface area contributed by atoms with Crippen molar-refractivity contribution in [3.63, 3.8) is 0 Å². The Hall–Kier alpha value is -2.61. The monoisotopic (exact) mass is 421 g/mol. The summed E-state index contributed by atoms with van der Waals surface area (Å²) in [6.45, 7) is -0.0666. The van der Waals surface area contributed by atoms with Gasteiger partial charge in [-0.15, -0.1) is 0 Å². The molecule has 0 saturated carbocycles. The number of alkyl halides is 3. The van der Waals surface area contributed by atoms with Crippen LogP contribution in [-0.4, -0.2) is 54.2 Å². The van der Waals surface area contributed by atoms with E-state index in [4.69, 9.17) is 0 Å². The molecule has 2 aliphatic rings. The Morgan fingerprint density at radius 2 is 1.87 bits per heavy atom. The van der Waals surface area contributed by atoms with Gasteiger partial charge in [-0.3, -0.25) is 0 Å². The van der Waals surface area contributed by atoms with E-state index in [1.165, 1.54) is 17.0 Å². The lowest BCUT2D eigenvalue weighted by atomic mass is 9.88. The molecule has 0 spiro atoms. The van der Waals surface area contributed by atoms with Gasteiger partial charge in [-0.25, -0.2) is 9.18 Å². The average molecular weight is 421 g/mol. The normalized spacial score (nSPS) is 21.4. The van der Waals surface area contributed by atoms with Gasteiger partial charge in [-0.05, 0) is 48.2 Å². The Labute approximate surface area is 172 Å². The van der Waals surface area contributed by atoms with E-state index in [2.05, 4.69) is 5.32 Å². The average Bonchev–Trinajstić information content (AvgIpc) is 3.25. The maximum atomic E-state index is 13.5. The first-order chi connectivity index (χ1) is 14.3. The lowest BCUT2D eigenvalue weighted by Gasteiger charge is -2.42. The number of nitrogens with zero attached hydrogens (tertiary/aromatic N) is 2. The van der Waals surface area contributed by atoms with Crippen LogP contribution < -0.4 is 5.32 Å². The summed E-state index contributed by atoms with van der Waals surface area (Å²) in [5.74, 6) is -0.406. The van der Waals surface area contributed by atoms with Gasteiger partial charge in [0.15, 0.2) is 0 Å². The topological polar surface area (TPSA) is 35.6 Å². The van der Waals surface area contributed by atoms with Gasteiger partial charge in [0.1, 0.15) is 12.4 Å². The number of halogens is 4. The van der Waals surface area contributed by atoms with Gasteiger partial charge >= 0.3 is 12.2 Å². The number of fused-ring (bicyclic) bond motifs is 1. The fourth-order valence-corrected chi connectivity index (χ4v) is 4.39. The summed E-state index contributed by atoms with van der Waals surface area (Å²) < 4.78 is 53.5. The number of hydrogen-bond acceptors (Lipinski definition) is 2. The van der Waals surface area contributed by atoms with Crippen LogP contribution in [-0.2, 0) is 6.42 Å². The van der Waals surface area contributed by atoms with Crippen LogP contribution in [0.15, 0.2) is 48.5 Å². The zero-order chi connectivity index (χ0) is 21.3. The zero-order valence-electron chi connectivity index (χ0n) is 16.3. The van der Waals surface area contributed by atoms with Crippen LogP contribution in [0.2, 0.25) is 0 Å². The number of carbonyl (C=O) groups excluding carboxylic acids is 1. The van der Waals surface area contributed by atoms with Crippen molar-refractivity contribution in [2.24, 2.45) is 0 Å². The van der Waals surface area contributed by atoms with Gasteiger partial charge in [-0.2, -0.15) is 13.2 Å². The highest BCUT2D eigenvalue weighted by Gasteiger charge is 2.42. The first-order valence-electron chi connectivity index (χ1n) is 10.0. The van der Waals surface area contributed by atoms with Crippen molar-refractivity contribution in [1.29, 1.82) is 0 Å². The van der Waals surface area contributed by atoms with Gasteiger partial charge in [-0.1, -0.05) is 36.4 Å². The van der Waals surface area contributed by atoms with E-state index >= 15 is 0 Å². The second-order valence-corrected chi connectivity index (χ2v) is 7.77. The predicted octanol–water partition coefficient (Wildman–Crippen LogP) is 4.12. The molecule has 1 N–H and O–H groups in total. The summed E-state index contributed by atoms with van der Waals surface area (Å²) >= 11 is 0. The molecule has 30 heavy (non-hydrogen) atoms. The van der Waals surface area contributed by atoms with E-state index in [9.17, 15) is 22.4 Å². The lowest BCUT2D eigenvalue weighted by Crippen LogP contribution is -2.54. The van der Waals surface area contributed by atoms with Crippen molar-refractivity contribution in [2.75, 3.05) is 26.2 Å². The molecule has 0 bridgehead atoms. The summed E-state index contributed by atoms with van der Waals surface area (Å²) in [5, 5.41) is 3.04. The van der Waals surface area contributed by atoms with Gasteiger partial charge in [0, 0.05) is 19.1 Å². The van der Waals surface area contributed by atoms with Gasteiger partial charge in [0.05, 0.1) is 6.04 Å². The van der Waals surface area contributed by atoms with Crippen molar-refractivity contribution in [3.05, 3.63) is 71.0 Å². The minimum atomic E-state index is -4.49. The molecule has 0 radical (unpaired) electrons. The minimum absolute atomic E-state index is 0.298. The minimum Gasteiger partial charge on any atom is -0.315 e. The van der Waals surface area contributed by atoms with Crippen LogP contribution in [0.5, 0.6) is 0 Å². The number of rotatable bonds is 3. The summed E-state index contributed by atoms with van der Waals surface area (Å²) in [6.07, 6.45) is -3.45. The molecule has 2 aromatic rings. The first kappa shape index (κ1) is 20.7. The Bertz CT molecular complexity index is 894. The number of urea groups is 1. The molecule has 2 aliphatic heterocycles.